The smallest absolute Gasteiger partial charge is 0.237 e. The average Bonchev–Trinajstić information content (AvgIpc) is 3.75. The molecule has 12 heteroatoms. The molecule has 0 bridgehead atoms. The Bertz CT molecular complexity index is 2060. The minimum absolute atomic E-state index is 0.111. The number of fused-ring (bicyclic) bond motifs is 1. The zero-order valence-corrected chi connectivity index (χ0v) is 30.2. The fourth-order valence-corrected chi connectivity index (χ4v) is 8.67. The SMILES string of the molecule is COc1nc(-c2cccc(-c3cccc(-c4cc5c(c(OC)n4)C(N4CCN(C(C)=O)CC4)CC5)c3C)c2F)cnc1CN1CC2(CCC(=O)N2)C1. The summed E-state index contributed by atoms with van der Waals surface area (Å²) in [6, 6.07) is 13.6. The molecule has 1 unspecified atom stereocenters. The molecule has 0 saturated carbocycles. The summed E-state index contributed by atoms with van der Waals surface area (Å²) in [6.45, 7) is 8.79. The monoisotopic (exact) mass is 705 g/mol. The molecule has 0 radical (unpaired) electrons. The first-order valence-electron chi connectivity index (χ1n) is 18.1. The number of pyridine rings is 1. The Morgan fingerprint density at radius 3 is 2.33 bits per heavy atom. The second-order valence-electron chi connectivity index (χ2n) is 14.5. The van der Waals surface area contributed by atoms with Crippen molar-refractivity contribution in [3.05, 3.63) is 76.9 Å². The first kappa shape index (κ1) is 34.2. The standard InChI is InChI=1S/C40H44FN7O4/c1-24-27(7-5-8-28(24)31-19-26-11-12-34(36(26)39(43-31)52-4)48-17-15-47(16-18-48)25(2)49)29-9-6-10-30(37(29)41)32-20-42-33(38(44-32)51-3)21-46-22-40(23-46)14-13-35(50)45-40/h5-10,19-20,34H,11-18,21-23H2,1-4H3,(H,45,50). The molecule has 4 aliphatic rings. The van der Waals surface area contributed by atoms with Gasteiger partial charge >= 0.3 is 0 Å². The minimum Gasteiger partial charge on any atom is -0.481 e. The van der Waals surface area contributed by atoms with Crippen LogP contribution in [0.3, 0.4) is 0 Å². The molecule has 52 heavy (non-hydrogen) atoms. The van der Waals surface area contributed by atoms with Gasteiger partial charge < -0.3 is 19.7 Å². The number of piperazine rings is 1. The highest BCUT2D eigenvalue weighted by Crippen LogP contribution is 2.44. The van der Waals surface area contributed by atoms with Crippen LogP contribution in [-0.4, -0.2) is 100 Å². The van der Waals surface area contributed by atoms with Crippen LogP contribution >= 0.6 is 0 Å². The van der Waals surface area contributed by atoms with Crippen molar-refractivity contribution in [1.29, 1.82) is 0 Å². The Kier molecular flexibility index (Phi) is 8.91. The molecule has 2 amide bonds. The van der Waals surface area contributed by atoms with Crippen molar-refractivity contribution in [2.45, 2.75) is 57.7 Å². The molecule has 2 aromatic carbocycles. The van der Waals surface area contributed by atoms with Crippen LogP contribution < -0.4 is 14.8 Å². The van der Waals surface area contributed by atoms with Crippen molar-refractivity contribution < 1.29 is 23.5 Å². The van der Waals surface area contributed by atoms with E-state index in [0.717, 1.165) is 86.5 Å². The predicted molar refractivity (Wildman–Crippen MR) is 194 cm³/mol. The number of benzene rings is 2. The first-order valence-corrected chi connectivity index (χ1v) is 18.1. The number of nitrogens with one attached hydrogen (secondary N) is 1. The van der Waals surface area contributed by atoms with Crippen LogP contribution in [0, 0.1) is 12.7 Å². The Labute approximate surface area is 303 Å². The van der Waals surface area contributed by atoms with Gasteiger partial charge in [0.25, 0.3) is 0 Å². The summed E-state index contributed by atoms with van der Waals surface area (Å²) in [7, 11) is 3.22. The maximum atomic E-state index is 16.5. The first-order chi connectivity index (χ1) is 25.2. The maximum absolute atomic E-state index is 16.5. The molecule has 1 aliphatic carbocycles. The minimum atomic E-state index is -0.388. The van der Waals surface area contributed by atoms with Crippen molar-refractivity contribution in [2.75, 3.05) is 53.5 Å². The zero-order chi connectivity index (χ0) is 36.1. The molecule has 3 saturated heterocycles. The Morgan fingerprint density at radius 2 is 1.63 bits per heavy atom. The van der Waals surface area contributed by atoms with E-state index >= 15 is 4.39 Å². The molecule has 1 spiro atoms. The lowest BCUT2D eigenvalue weighted by molar-refractivity contribution is -0.131. The van der Waals surface area contributed by atoms with Gasteiger partial charge in [0.05, 0.1) is 37.3 Å². The van der Waals surface area contributed by atoms with Gasteiger partial charge in [0.15, 0.2) is 0 Å². The summed E-state index contributed by atoms with van der Waals surface area (Å²) in [5.41, 5.74) is 7.46. The molecule has 8 rings (SSSR count). The lowest BCUT2D eigenvalue weighted by atomic mass is 9.88. The third-order valence-corrected chi connectivity index (χ3v) is 11.4. The molecule has 3 fully saturated rings. The highest BCUT2D eigenvalue weighted by molar-refractivity contribution is 5.81. The van der Waals surface area contributed by atoms with Crippen molar-refractivity contribution >= 4 is 11.8 Å². The van der Waals surface area contributed by atoms with Gasteiger partial charge in [-0.05, 0) is 55.0 Å². The van der Waals surface area contributed by atoms with Crippen molar-refractivity contribution in [2.24, 2.45) is 0 Å². The molecule has 1 atom stereocenters. The molecule has 1 N–H and O–H groups in total. The van der Waals surface area contributed by atoms with Crippen LogP contribution in [0.2, 0.25) is 0 Å². The molecular formula is C40H44FN7O4. The summed E-state index contributed by atoms with van der Waals surface area (Å²) in [6.07, 6.45) is 4.91. The second-order valence-corrected chi connectivity index (χ2v) is 14.5. The molecule has 11 nitrogen and oxygen atoms in total. The molecule has 270 valence electrons. The van der Waals surface area contributed by atoms with Gasteiger partial charge in [-0.1, -0.05) is 30.3 Å². The number of halogens is 1. The Hall–Kier alpha value is -4.94. The van der Waals surface area contributed by atoms with Crippen LogP contribution in [0.15, 0.2) is 48.7 Å². The largest absolute Gasteiger partial charge is 0.481 e. The lowest BCUT2D eigenvalue weighted by Crippen LogP contribution is -2.66. The van der Waals surface area contributed by atoms with Crippen LogP contribution in [0.5, 0.6) is 11.8 Å². The fourth-order valence-electron chi connectivity index (χ4n) is 8.67. The van der Waals surface area contributed by atoms with Crippen molar-refractivity contribution in [1.82, 2.24) is 35.0 Å². The zero-order valence-electron chi connectivity index (χ0n) is 30.2. The topological polar surface area (TPSA) is 113 Å². The van der Waals surface area contributed by atoms with Gasteiger partial charge in [0, 0.05) is 87.5 Å². The third-order valence-electron chi connectivity index (χ3n) is 11.4. The number of methoxy groups -OCH3 is 2. The van der Waals surface area contributed by atoms with Crippen LogP contribution in [0.4, 0.5) is 4.39 Å². The maximum Gasteiger partial charge on any atom is 0.237 e. The predicted octanol–water partition coefficient (Wildman–Crippen LogP) is 4.95. The molecule has 2 aromatic heterocycles. The van der Waals surface area contributed by atoms with Gasteiger partial charge in [0.1, 0.15) is 11.5 Å². The van der Waals surface area contributed by atoms with E-state index in [4.69, 9.17) is 19.4 Å². The van der Waals surface area contributed by atoms with Crippen LogP contribution in [-0.2, 0) is 22.6 Å². The van der Waals surface area contributed by atoms with Crippen LogP contribution in [0.25, 0.3) is 33.6 Å². The third kappa shape index (κ3) is 6.07. The van der Waals surface area contributed by atoms with Crippen molar-refractivity contribution in [3.63, 3.8) is 0 Å². The van der Waals surface area contributed by atoms with Gasteiger partial charge in [-0.3, -0.25) is 24.4 Å². The van der Waals surface area contributed by atoms with E-state index in [0.29, 0.717) is 47.2 Å². The van der Waals surface area contributed by atoms with Gasteiger partial charge in [-0.25, -0.2) is 14.4 Å². The number of amides is 2. The number of carbonyl (C=O) groups excluding carboxylic acids is 2. The molecule has 5 heterocycles. The summed E-state index contributed by atoms with van der Waals surface area (Å²) in [5.74, 6) is 0.822. The second kappa shape index (κ2) is 13.6. The number of ether oxygens (including phenoxy) is 2. The van der Waals surface area contributed by atoms with E-state index < -0.39 is 0 Å². The number of aryl methyl sites for hydroxylation is 1. The van der Waals surface area contributed by atoms with E-state index in [1.807, 2.05) is 36.1 Å². The highest BCUT2D eigenvalue weighted by Gasteiger charge is 2.47. The molecule has 4 aromatic rings. The quantitative estimate of drug-likeness (QED) is 0.272. The van der Waals surface area contributed by atoms with E-state index in [9.17, 15) is 9.59 Å². The van der Waals surface area contributed by atoms with E-state index in [1.54, 1.807) is 39.5 Å². The number of hydrogen-bond acceptors (Lipinski definition) is 9. The van der Waals surface area contributed by atoms with Crippen LogP contribution in [0.1, 0.15) is 54.6 Å². The number of carbonyl (C=O) groups is 2. The molecule has 3 aliphatic heterocycles. The Balaban J connectivity index is 1.05. The summed E-state index contributed by atoms with van der Waals surface area (Å²) in [4.78, 5) is 44.6. The van der Waals surface area contributed by atoms with E-state index in [-0.39, 0.29) is 29.2 Å². The van der Waals surface area contributed by atoms with Gasteiger partial charge in [-0.2, -0.15) is 0 Å². The van der Waals surface area contributed by atoms with Gasteiger partial charge in [0.2, 0.25) is 23.6 Å². The molecular weight excluding hydrogens is 661 g/mol. The number of likely N-dealkylation sites (tertiary alicyclic amines) is 1. The summed E-state index contributed by atoms with van der Waals surface area (Å²) < 4.78 is 28.1. The van der Waals surface area contributed by atoms with Crippen molar-refractivity contribution in [3.8, 4) is 45.4 Å². The van der Waals surface area contributed by atoms with E-state index in [2.05, 4.69) is 26.2 Å². The number of hydrogen-bond donors (Lipinski definition) is 1. The van der Waals surface area contributed by atoms with Gasteiger partial charge in [-0.15, -0.1) is 0 Å². The number of nitrogens with zero attached hydrogens (tertiary/aromatic N) is 6. The highest BCUT2D eigenvalue weighted by atomic mass is 19.1. The summed E-state index contributed by atoms with van der Waals surface area (Å²) >= 11 is 0. The summed E-state index contributed by atoms with van der Waals surface area (Å²) in [5, 5.41) is 3.11. The fraction of sp³-hybridized carbons (Fsp3) is 0.425. The van der Waals surface area contributed by atoms with E-state index in [1.165, 1.54) is 5.56 Å². The Morgan fingerprint density at radius 1 is 0.942 bits per heavy atom. The normalized spacial score (nSPS) is 19.8. The number of aromatic nitrogens is 3. The number of rotatable bonds is 8. The average molecular weight is 706 g/mol. The lowest BCUT2D eigenvalue weighted by Gasteiger charge is -2.47.